The maximum atomic E-state index is 11.6. The minimum Gasteiger partial charge on any atom is -0.299 e. The largest absolute Gasteiger partial charge is 0.299 e. The molecule has 0 fully saturated rings. The van der Waals surface area contributed by atoms with Gasteiger partial charge in [0.25, 0.3) is 0 Å². The van der Waals surface area contributed by atoms with Crippen molar-refractivity contribution < 1.29 is 4.79 Å². The molecular formula is C13H19NO. The first-order chi connectivity index (χ1) is 6.97. The number of hydrogen-bond donors (Lipinski definition) is 0. The molecule has 2 nitrogen and oxygen atoms in total. The zero-order valence-corrected chi connectivity index (χ0v) is 9.79. The van der Waals surface area contributed by atoms with Gasteiger partial charge in [-0.15, -0.1) is 0 Å². The van der Waals surface area contributed by atoms with Crippen molar-refractivity contribution in [2.45, 2.75) is 40.0 Å². The molecule has 0 aliphatic carbocycles. The summed E-state index contributed by atoms with van der Waals surface area (Å²) in [4.78, 5) is 15.8. The Balaban J connectivity index is 2.38. The van der Waals surface area contributed by atoms with Crippen LogP contribution < -0.4 is 0 Å². The van der Waals surface area contributed by atoms with Gasteiger partial charge in [-0.2, -0.15) is 0 Å². The first kappa shape index (κ1) is 11.9. The van der Waals surface area contributed by atoms with E-state index in [4.69, 9.17) is 0 Å². The lowest BCUT2D eigenvalue weighted by molar-refractivity contribution is -0.119. The Labute approximate surface area is 91.7 Å². The number of nitrogens with zero attached hydrogens (tertiary/aromatic N) is 1. The van der Waals surface area contributed by atoms with E-state index in [1.54, 1.807) is 6.20 Å². The molecule has 0 atom stereocenters. The van der Waals surface area contributed by atoms with Gasteiger partial charge in [-0.3, -0.25) is 9.78 Å². The van der Waals surface area contributed by atoms with Crippen molar-refractivity contribution in [3.8, 4) is 0 Å². The van der Waals surface area contributed by atoms with E-state index in [0.717, 1.165) is 12.1 Å². The minimum absolute atomic E-state index is 0.236. The predicted octanol–water partition coefficient (Wildman–Crippen LogP) is 3.02. The van der Waals surface area contributed by atoms with Gasteiger partial charge in [0.1, 0.15) is 5.78 Å². The van der Waals surface area contributed by atoms with E-state index in [1.165, 1.54) is 0 Å². The molecule has 0 aromatic carbocycles. The van der Waals surface area contributed by atoms with Crippen molar-refractivity contribution in [2.75, 3.05) is 0 Å². The van der Waals surface area contributed by atoms with E-state index in [1.807, 2.05) is 18.2 Å². The number of aromatic nitrogens is 1. The molecule has 1 rings (SSSR count). The zero-order chi connectivity index (χ0) is 11.3. The molecule has 0 unspecified atom stereocenters. The number of rotatable bonds is 4. The maximum absolute atomic E-state index is 11.6. The third-order valence-electron chi connectivity index (χ3n) is 2.26. The molecule has 15 heavy (non-hydrogen) atoms. The summed E-state index contributed by atoms with van der Waals surface area (Å²) in [7, 11) is 0. The van der Waals surface area contributed by atoms with Gasteiger partial charge in [0.05, 0.1) is 0 Å². The molecule has 0 aliphatic heterocycles. The van der Waals surface area contributed by atoms with Crippen molar-refractivity contribution >= 4 is 5.78 Å². The summed E-state index contributed by atoms with van der Waals surface area (Å²) >= 11 is 0. The van der Waals surface area contributed by atoms with Crippen LogP contribution in [0.3, 0.4) is 0 Å². The molecule has 2 heteroatoms. The number of ketones is 1. The summed E-state index contributed by atoms with van der Waals surface area (Å²) in [5.41, 5.74) is 1.11. The summed E-state index contributed by atoms with van der Waals surface area (Å²) in [6.45, 7) is 6.46. The fourth-order valence-electron chi connectivity index (χ4n) is 1.31. The highest BCUT2D eigenvalue weighted by Gasteiger charge is 2.13. The van der Waals surface area contributed by atoms with Crippen LogP contribution >= 0.6 is 0 Å². The van der Waals surface area contributed by atoms with Crippen molar-refractivity contribution in [3.05, 3.63) is 30.1 Å². The van der Waals surface area contributed by atoms with Gasteiger partial charge in [0, 0.05) is 24.7 Å². The van der Waals surface area contributed by atoms with E-state index in [2.05, 4.69) is 25.8 Å². The summed E-state index contributed by atoms with van der Waals surface area (Å²) in [6, 6.07) is 5.68. The maximum Gasteiger partial charge on any atom is 0.138 e. The highest BCUT2D eigenvalue weighted by molar-refractivity contribution is 5.80. The quantitative estimate of drug-likeness (QED) is 0.756. The van der Waals surface area contributed by atoms with Gasteiger partial charge >= 0.3 is 0 Å². The molecular weight excluding hydrogens is 186 g/mol. The highest BCUT2D eigenvalue weighted by Crippen LogP contribution is 2.20. The lowest BCUT2D eigenvalue weighted by atomic mass is 9.89. The van der Waals surface area contributed by atoms with Gasteiger partial charge < -0.3 is 0 Å². The molecule has 82 valence electrons. The second-order valence-electron chi connectivity index (χ2n) is 5.10. The van der Waals surface area contributed by atoms with Gasteiger partial charge in [-0.1, -0.05) is 26.8 Å². The molecule has 0 saturated carbocycles. The van der Waals surface area contributed by atoms with Crippen molar-refractivity contribution in [3.63, 3.8) is 0 Å². The van der Waals surface area contributed by atoms with Crippen LogP contribution in [0.2, 0.25) is 0 Å². The van der Waals surface area contributed by atoms with Crippen LogP contribution in [0.25, 0.3) is 0 Å². The monoisotopic (exact) mass is 205 g/mol. The van der Waals surface area contributed by atoms with Gasteiger partial charge in [-0.05, 0) is 24.0 Å². The van der Waals surface area contributed by atoms with Crippen molar-refractivity contribution in [1.29, 1.82) is 0 Å². The summed E-state index contributed by atoms with van der Waals surface area (Å²) in [6.07, 6.45) is 3.79. The Hall–Kier alpha value is -1.18. The Bertz CT molecular complexity index is 311. The molecule has 0 bridgehead atoms. The van der Waals surface area contributed by atoms with Crippen LogP contribution in [0.1, 0.15) is 39.3 Å². The van der Waals surface area contributed by atoms with Crippen LogP contribution in [-0.2, 0) is 11.2 Å². The SMILES string of the molecule is CC(C)(C)CCC(=O)Cc1ccccn1. The van der Waals surface area contributed by atoms with Crippen LogP contribution in [-0.4, -0.2) is 10.8 Å². The third-order valence-corrected chi connectivity index (χ3v) is 2.26. The smallest absolute Gasteiger partial charge is 0.138 e. The van der Waals surface area contributed by atoms with Crippen LogP contribution in [0.15, 0.2) is 24.4 Å². The first-order valence-electron chi connectivity index (χ1n) is 5.39. The Morgan fingerprint density at radius 1 is 1.33 bits per heavy atom. The topological polar surface area (TPSA) is 30.0 Å². The van der Waals surface area contributed by atoms with E-state index >= 15 is 0 Å². The van der Waals surface area contributed by atoms with Gasteiger partial charge in [0.15, 0.2) is 0 Å². The molecule has 0 aliphatic rings. The normalized spacial score (nSPS) is 11.4. The number of hydrogen-bond acceptors (Lipinski definition) is 2. The number of carbonyl (C=O) groups excluding carboxylic acids is 1. The van der Waals surface area contributed by atoms with Crippen LogP contribution in [0.4, 0.5) is 0 Å². The zero-order valence-electron chi connectivity index (χ0n) is 9.79. The van der Waals surface area contributed by atoms with Crippen LogP contribution in [0.5, 0.6) is 0 Å². The standard InChI is InChI=1S/C13H19NO/c1-13(2,3)8-7-12(15)10-11-6-4-5-9-14-11/h4-6,9H,7-8,10H2,1-3H3. The van der Waals surface area contributed by atoms with Crippen molar-refractivity contribution in [1.82, 2.24) is 4.98 Å². The minimum atomic E-state index is 0.236. The fourth-order valence-corrected chi connectivity index (χ4v) is 1.31. The van der Waals surface area contributed by atoms with E-state index in [-0.39, 0.29) is 11.2 Å². The fraction of sp³-hybridized carbons (Fsp3) is 0.538. The second kappa shape index (κ2) is 5.06. The van der Waals surface area contributed by atoms with Gasteiger partial charge in [0.2, 0.25) is 0 Å². The molecule has 1 heterocycles. The molecule has 1 aromatic rings. The molecule has 0 radical (unpaired) electrons. The number of Topliss-reactive ketones (excluding diaryl/α,β-unsaturated/α-hetero) is 1. The van der Waals surface area contributed by atoms with Crippen LogP contribution in [0, 0.1) is 5.41 Å². The van der Waals surface area contributed by atoms with E-state index in [9.17, 15) is 4.79 Å². The predicted molar refractivity (Wildman–Crippen MR) is 61.6 cm³/mol. The lowest BCUT2D eigenvalue weighted by Gasteiger charge is -2.16. The lowest BCUT2D eigenvalue weighted by Crippen LogP contribution is -2.11. The Morgan fingerprint density at radius 2 is 2.07 bits per heavy atom. The molecule has 0 saturated heterocycles. The first-order valence-corrected chi connectivity index (χ1v) is 5.39. The molecule has 0 amide bonds. The second-order valence-corrected chi connectivity index (χ2v) is 5.10. The molecule has 0 N–H and O–H groups in total. The third kappa shape index (κ3) is 5.31. The Morgan fingerprint density at radius 3 is 2.60 bits per heavy atom. The van der Waals surface area contributed by atoms with Gasteiger partial charge in [-0.25, -0.2) is 0 Å². The number of pyridine rings is 1. The Kier molecular flexibility index (Phi) is 4.01. The average Bonchev–Trinajstić information content (AvgIpc) is 2.15. The highest BCUT2D eigenvalue weighted by atomic mass is 16.1. The molecule has 1 aromatic heterocycles. The van der Waals surface area contributed by atoms with E-state index < -0.39 is 0 Å². The number of carbonyl (C=O) groups is 1. The van der Waals surface area contributed by atoms with E-state index in [0.29, 0.717) is 12.8 Å². The van der Waals surface area contributed by atoms with Crippen molar-refractivity contribution in [2.24, 2.45) is 5.41 Å². The summed E-state index contributed by atoms with van der Waals surface area (Å²) in [5.74, 6) is 0.281. The molecule has 0 spiro atoms. The average molecular weight is 205 g/mol. The summed E-state index contributed by atoms with van der Waals surface area (Å²) < 4.78 is 0. The summed E-state index contributed by atoms with van der Waals surface area (Å²) in [5, 5.41) is 0.